The second kappa shape index (κ2) is 6.21. The Hall–Kier alpha value is -2.68. The van der Waals surface area contributed by atoms with Crippen LogP contribution in [0, 0.1) is 10.1 Å². The fourth-order valence-electron chi connectivity index (χ4n) is 2.48. The molecule has 0 saturated heterocycles. The summed E-state index contributed by atoms with van der Waals surface area (Å²) in [7, 11) is 0. The van der Waals surface area contributed by atoms with E-state index >= 15 is 0 Å². The minimum atomic E-state index is -0.582. The van der Waals surface area contributed by atoms with Crippen LogP contribution in [0.25, 0.3) is 0 Å². The number of hydrogen-bond acceptors (Lipinski definition) is 5. The van der Waals surface area contributed by atoms with Gasteiger partial charge in [-0.05, 0) is 25.0 Å². The van der Waals surface area contributed by atoms with Gasteiger partial charge in [0.1, 0.15) is 17.2 Å². The highest BCUT2D eigenvalue weighted by Crippen LogP contribution is 2.27. The molecule has 3 rings (SSSR count). The van der Waals surface area contributed by atoms with Crippen molar-refractivity contribution in [1.29, 1.82) is 0 Å². The van der Waals surface area contributed by atoms with Crippen LogP contribution in [0.2, 0.25) is 5.02 Å². The zero-order chi connectivity index (χ0) is 16.4. The van der Waals surface area contributed by atoms with Gasteiger partial charge in [0.2, 0.25) is 0 Å². The van der Waals surface area contributed by atoms with E-state index in [0.29, 0.717) is 11.5 Å². The van der Waals surface area contributed by atoms with Crippen molar-refractivity contribution < 1.29 is 9.72 Å². The molecular weight excluding hydrogens is 324 g/mol. The molecule has 2 N–H and O–H groups in total. The number of aryl methyl sites for hydroxylation is 1. The molecule has 1 unspecified atom stereocenters. The number of rotatable bonds is 3. The zero-order valence-electron chi connectivity index (χ0n) is 11.9. The third-order valence-electron chi connectivity index (χ3n) is 3.53. The van der Waals surface area contributed by atoms with Gasteiger partial charge in [-0.2, -0.15) is 5.10 Å². The Morgan fingerprint density at radius 1 is 1.48 bits per heavy atom. The molecular formula is C13H13ClN6O3. The van der Waals surface area contributed by atoms with Gasteiger partial charge in [0.25, 0.3) is 5.69 Å². The highest BCUT2D eigenvalue weighted by Gasteiger charge is 2.24. The van der Waals surface area contributed by atoms with Crippen LogP contribution >= 0.6 is 11.6 Å². The number of hydrogen-bond donors (Lipinski definition) is 2. The average Bonchev–Trinajstić information content (AvgIpc) is 2.96. The highest BCUT2D eigenvalue weighted by atomic mass is 35.5. The summed E-state index contributed by atoms with van der Waals surface area (Å²) in [5.74, 6) is 0.716. The van der Waals surface area contributed by atoms with Gasteiger partial charge in [0.05, 0.1) is 11.0 Å². The Bertz CT molecular complexity index is 762. The maximum Gasteiger partial charge on any atom is 0.319 e. The third kappa shape index (κ3) is 3.24. The predicted octanol–water partition coefficient (Wildman–Crippen LogP) is 2.50. The maximum absolute atomic E-state index is 12.1. The molecule has 0 fully saturated rings. The molecule has 1 aliphatic heterocycles. The zero-order valence-corrected chi connectivity index (χ0v) is 12.7. The van der Waals surface area contributed by atoms with Gasteiger partial charge in [-0.25, -0.2) is 14.5 Å². The molecule has 1 aromatic heterocycles. The lowest BCUT2D eigenvalue weighted by molar-refractivity contribution is -0.384. The summed E-state index contributed by atoms with van der Waals surface area (Å²) in [5.41, 5.74) is 0.161. The molecule has 0 spiro atoms. The Kier molecular flexibility index (Phi) is 4.11. The monoisotopic (exact) mass is 336 g/mol. The Morgan fingerprint density at radius 3 is 3.04 bits per heavy atom. The summed E-state index contributed by atoms with van der Waals surface area (Å²) in [4.78, 5) is 26.4. The number of fused-ring (bicyclic) bond motifs is 1. The first kappa shape index (κ1) is 15.2. The van der Waals surface area contributed by atoms with E-state index in [1.165, 1.54) is 24.5 Å². The standard InChI is InChI=1S/C13H13ClN6O3/c14-9-6-8(3-4-11(9)20(22)23)17-13(21)18-10-2-1-5-19-12(10)15-7-16-19/h3-4,6-7,10H,1-2,5H2,(H2,17,18,21). The van der Waals surface area contributed by atoms with Crippen LogP contribution in [0.3, 0.4) is 0 Å². The molecule has 9 nitrogen and oxygen atoms in total. The largest absolute Gasteiger partial charge is 0.328 e. The number of nitrogens with zero attached hydrogens (tertiary/aromatic N) is 4. The number of carbonyl (C=O) groups is 1. The molecule has 1 aliphatic rings. The van der Waals surface area contributed by atoms with Crippen LogP contribution < -0.4 is 10.6 Å². The van der Waals surface area contributed by atoms with Gasteiger partial charge in [-0.3, -0.25) is 10.1 Å². The van der Waals surface area contributed by atoms with Gasteiger partial charge >= 0.3 is 6.03 Å². The van der Waals surface area contributed by atoms with Crippen molar-refractivity contribution in [3.8, 4) is 0 Å². The van der Waals surface area contributed by atoms with Crippen LogP contribution in [-0.2, 0) is 6.54 Å². The van der Waals surface area contributed by atoms with Crippen LogP contribution in [0.4, 0.5) is 16.2 Å². The molecule has 0 aliphatic carbocycles. The summed E-state index contributed by atoms with van der Waals surface area (Å²) >= 11 is 5.82. The first-order chi connectivity index (χ1) is 11.0. The number of benzene rings is 1. The number of nitrogens with one attached hydrogen (secondary N) is 2. The second-order valence-electron chi connectivity index (χ2n) is 5.06. The fourth-order valence-corrected chi connectivity index (χ4v) is 2.73. The summed E-state index contributed by atoms with van der Waals surface area (Å²) in [6, 6.07) is 3.35. The molecule has 1 atom stereocenters. The number of carbonyl (C=O) groups excluding carboxylic acids is 1. The van der Waals surface area contributed by atoms with Gasteiger partial charge in [-0.1, -0.05) is 11.6 Å². The molecule has 2 aromatic rings. The Labute approximate surface area is 135 Å². The van der Waals surface area contributed by atoms with Crippen LogP contribution in [0.1, 0.15) is 24.7 Å². The number of urea groups is 1. The Balaban J connectivity index is 1.67. The molecule has 0 radical (unpaired) electrons. The minimum Gasteiger partial charge on any atom is -0.328 e. The smallest absolute Gasteiger partial charge is 0.319 e. The summed E-state index contributed by atoms with van der Waals surface area (Å²) < 4.78 is 1.76. The van der Waals surface area contributed by atoms with Crippen molar-refractivity contribution in [2.45, 2.75) is 25.4 Å². The fraction of sp³-hybridized carbons (Fsp3) is 0.308. The number of nitro benzene ring substituents is 1. The SMILES string of the molecule is O=C(Nc1ccc([N+](=O)[O-])c(Cl)c1)NC1CCCn2ncnc21. The number of amides is 2. The van der Waals surface area contributed by atoms with Gasteiger partial charge in [0.15, 0.2) is 0 Å². The lowest BCUT2D eigenvalue weighted by Crippen LogP contribution is -2.36. The highest BCUT2D eigenvalue weighted by molar-refractivity contribution is 6.33. The Morgan fingerprint density at radius 2 is 2.30 bits per heavy atom. The van der Waals surface area contributed by atoms with Crippen molar-refractivity contribution in [3.63, 3.8) is 0 Å². The molecule has 120 valence electrons. The van der Waals surface area contributed by atoms with Gasteiger partial charge in [-0.15, -0.1) is 0 Å². The van der Waals surface area contributed by atoms with E-state index in [-0.39, 0.29) is 16.8 Å². The second-order valence-corrected chi connectivity index (χ2v) is 5.47. The van der Waals surface area contributed by atoms with E-state index in [9.17, 15) is 14.9 Å². The first-order valence-corrected chi connectivity index (χ1v) is 7.31. The van der Waals surface area contributed by atoms with Crippen LogP contribution in [-0.4, -0.2) is 25.7 Å². The molecule has 2 amide bonds. The molecule has 2 heterocycles. The minimum absolute atomic E-state index is 0.0368. The summed E-state index contributed by atoms with van der Waals surface area (Å²) in [6.45, 7) is 0.785. The van der Waals surface area contributed by atoms with Crippen molar-refractivity contribution in [2.24, 2.45) is 0 Å². The van der Waals surface area contributed by atoms with Crippen LogP contribution in [0.15, 0.2) is 24.5 Å². The van der Waals surface area contributed by atoms with Crippen molar-refractivity contribution >= 4 is 29.0 Å². The quantitative estimate of drug-likeness (QED) is 0.660. The van der Waals surface area contributed by atoms with E-state index in [0.717, 1.165) is 19.4 Å². The average molecular weight is 337 g/mol. The van der Waals surface area contributed by atoms with E-state index < -0.39 is 11.0 Å². The van der Waals surface area contributed by atoms with Gasteiger partial charge < -0.3 is 10.6 Å². The van der Waals surface area contributed by atoms with Gasteiger partial charge in [0, 0.05) is 18.3 Å². The normalized spacial score (nSPS) is 16.5. The van der Waals surface area contributed by atoms with E-state index in [1.807, 2.05) is 0 Å². The van der Waals surface area contributed by atoms with E-state index in [2.05, 4.69) is 20.7 Å². The predicted molar refractivity (Wildman–Crippen MR) is 82.3 cm³/mol. The number of aromatic nitrogens is 3. The van der Waals surface area contributed by atoms with Crippen molar-refractivity contribution in [3.05, 3.63) is 45.5 Å². The molecule has 0 bridgehead atoms. The molecule has 23 heavy (non-hydrogen) atoms. The first-order valence-electron chi connectivity index (χ1n) is 6.94. The lowest BCUT2D eigenvalue weighted by Gasteiger charge is -2.23. The third-order valence-corrected chi connectivity index (χ3v) is 3.83. The molecule has 1 aromatic carbocycles. The molecule has 10 heteroatoms. The maximum atomic E-state index is 12.1. The van der Waals surface area contributed by atoms with Crippen LogP contribution in [0.5, 0.6) is 0 Å². The number of halogens is 1. The van der Waals surface area contributed by atoms with E-state index in [4.69, 9.17) is 11.6 Å². The van der Waals surface area contributed by atoms with Crippen molar-refractivity contribution in [2.75, 3.05) is 5.32 Å². The van der Waals surface area contributed by atoms with E-state index in [1.54, 1.807) is 4.68 Å². The lowest BCUT2D eigenvalue weighted by atomic mass is 10.1. The van der Waals surface area contributed by atoms with Crippen molar-refractivity contribution in [1.82, 2.24) is 20.1 Å². The molecule has 0 saturated carbocycles. The topological polar surface area (TPSA) is 115 Å². The summed E-state index contributed by atoms with van der Waals surface area (Å²) in [6.07, 6.45) is 3.13. The summed E-state index contributed by atoms with van der Waals surface area (Å²) in [5, 5.41) is 20.2. The number of anilines is 1. The number of nitro groups is 1.